The molecule has 0 unspecified atom stereocenters. The molecule has 7 nitrogen and oxygen atoms in total. The molecule has 0 aromatic heterocycles. The molecular formula is C21H24N4O3. The van der Waals surface area contributed by atoms with Crippen LogP contribution < -0.4 is 10.6 Å². The zero-order valence-electron chi connectivity index (χ0n) is 16.1. The van der Waals surface area contributed by atoms with E-state index in [9.17, 15) is 14.4 Å². The van der Waals surface area contributed by atoms with Gasteiger partial charge in [0.05, 0.1) is 0 Å². The Morgan fingerprint density at radius 3 is 2.14 bits per heavy atom. The van der Waals surface area contributed by atoms with Crippen LogP contribution in [0.25, 0.3) is 0 Å². The van der Waals surface area contributed by atoms with Crippen molar-refractivity contribution in [3.8, 4) is 0 Å². The van der Waals surface area contributed by atoms with Crippen LogP contribution in [-0.2, 0) is 4.79 Å². The molecule has 0 spiro atoms. The monoisotopic (exact) mass is 380 g/mol. The minimum atomic E-state index is -0.287. The molecule has 1 aliphatic heterocycles. The van der Waals surface area contributed by atoms with E-state index in [1.165, 1.54) is 6.92 Å². The van der Waals surface area contributed by atoms with Gasteiger partial charge < -0.3 is 20.4 Å². The van der Waals surface area contributed by atoms with Crippen LogP contribution in [0.2, 0.25) is 0 Å². The Morgan fingerprint density at radius 2 is 1.50 bits per heavy atom. The van der Waals surface area contributed by atoms with Gasteiger partial charge in [0.1, 0.15) is 0 Å². The summed E-state index contributed by atoms with van der Waals surface area (Å²) in [6.07, 6.45) is 0. The van der Waals surface area contributed by atoms with E-state index in [1.54, 1.807) is 48.5 Å². The Morgan fingerprint density at radius 1 is 0.821 bits per heavy atom. The third-order valence-electron chi connectivity index (χ3n) is 4.63. The van der Waals surface area contributed by atoms with E-state index in [1.807, 2.05) is 11.9 Å². The molecular weight excluding hydrogens is 356 g/mol. The first-order valence-electron chi connectivity index (χ1n) is 9.19. The van der Waals surface area contributed by atoms with Crippen molar-refractivity contribution in [1.29, 1.82) is 0 Å². The Kier molecular flexibility index (Phi) is 6.06. The molecule has 2 aromatic rings. The molecule has 0 aliphatic carbocycles. The maximum absolute atomic E-state index is 12.6. The van der Waals surface area contributed by atoms with Crippen LogP contribution >= 0.6 is 0 Å². The number of hydrogen-bond donors (Lipinski definition) is 2. The number of benzene rings is 2. The molecule has 146 valence electrons. The van der Waals surface area contributed by atoms with Crippen LogP contribution in [0.3, 0.4) is 0 Å². The fraction of sp³-hybridized carbons (Fsp3) is 0.286. The summed E-state index contributed by atoms with van der Waals surface area (Å²) in [6, 6.07) is 13.6. The van der Waals surface area contributed by atoms with Gasteiger partial charge >= 0.3 is 0 Å². The smallest absolute Gasteiger partial charge is 0.255 e. The Labute approximate surface area is 164 Å². The van der Waals surface area contributed by atoms with Gasteiger partial charge in [-0.15, -0.1) is 0 Å². The van der Waals surface area contributed by atoms with E-state index >= 15 is 0 Å². The van der Waals surface area contributed by atoms with Crippen LogP contribution in [0.1, 0.15) is 27.6 Å². The van der Waals surface area contributed by atoms with E-state index in [2.05, 4.69) is 15.5 Å². The molecule has 28 heavy (non-hydrogen) atoms. The number of nitrogens with zero attached hydrogens (tertiary/aromatic N) is 2. The van der Waals surface area contributed by atoms with Crippen molar-refractivity contribution in [3.05, 3.63) is 59.7 Å². The van der Waals surface area contributed by atoms with Crippen molar-refractivity contribution < 1.29 is 14.4 Å². The lowest BCUT2D eigenvalue weighted by Crippen LogP contribution is -2.47. The SMILES string of the molecule is CC(=O)Nc1cccc(C(=O)Nc2ccc(C(=O)N3CCN(C)CC3)cc2)c1. The van der Waals surface area contributed by atoms with E-state index in [0.29, 0.717) is 22.5 Å². The van der Waals surface area contributed by atoms with Gasteiger partial charge in [0.2, 0.25) is 5.91 Å². The zero-order valence-corrected chi connectivity index (χ0v) is 16.1. The lowest BCUT2D eigenvalue weighted by Gasteiger charge is -2.32. The summed E-state index contributed by atoms with van der Waals surface area (Å²) in [5.74, 6) is -0.475. The topological polar surface area (TPSA) is 81.8 Å². The molecule has 0 radical (unpaired) electrons. The second-order valence-electron chi connectivity index (χ2n) is 6.89. The van der Waals surface area contributed by atoms with Crippen LogP contribution in [0.4, 0.5) is 11.4 Å². The summed E-state index contributed by atoms with van der Waals surface area (Å²) in [7, 11) is 2.05. The number of rotatable bonds is 4. The van der Waals surface area contributed by atoms with Gasteiger partial charge in [-0.3, -0.25) is 14.4 Å². The highest BCUT2D eigenvalue weighted by Crippen LogP contribution is 2.16. The number of carbonyl (C=O) groups excluding carboxylic acids is 3. The summed E-state index contributed by atoms with van der Waals surface area (Å²) in [5.41, 5.74) is 2.21. The molecule has 1 saturated heterocycles. The minimum Gasteiger partial charge on any atom is -0.336 e. The quantitative estimate of drug-likeness (QED) is 0.853. The fourth-order valence-corrected chi connectivity index (χ4v) is 3.03. The maximum Gasteiger partial charge on any atom is 0.255 e. The second kappa shape index (κ2) is 8.67. The van der Waals surface area contributed by atoms with Gasteiger partial charge in [-0.25, -0.2) is 0 Å². The first-order chi connectivity index (χ1) is 13.4. The van der Waals surface area contributed by atoms with Crippen molar-refractivity contribution >= 4 is 29.1 Å². The average molecular weight is 380 g/mol. The molecule has 2 N–H and O–H groups in total. The second-order valence-corrected chi connectivity index (χ2v) is 6.89. The molecule has 7 heteroatoms. The normalized spacial score (nSPS) is 14.4. The van der Waals surface area contributed by atoms with Crippen LogP contribution in [0, 0.1) is 0 Å². The summed E-state index contributed by atoms with van der Waals surface area (Å²) in [4.78, 5) is 40.2. The first kappa shape index (κ1) is 19.6. The number of carbonyl (C=O) groups is 3. The number of likely N-dealkylation sites (N-methyl/N-ethyl adjacent to an activating group) is 1. The van der Waals surface area contributed by atoms with Crippen molar-refractivity contribution in [1.82, 2.24) is 9.80 Å². The molecule has 1 aliphatic rings. The van der Waals surface area contributed by atoms with E-state index in [-0.39, 0.29) is 17.7 Å². The summed E-state index contributed by atoms with van der Waals surface area (Å²) >= 11 is 0. The minimum absolute atomic E-state index is 0.00832. The largest absolute Gasteiger partial charge is 0.336 e. The van der Waals surface area contributed by atoms with Crippen molar-refractivity contribution in [2.24, 2.45) is 0 Å². The highest BCUT2D eigenvalue weighted by atomic mass is 16.2. The molecule has 1 fully saturated rings. The third kappa shape index (κ3) is 4.95. The standard InChI is InChI=1S/C21H24N4O3/c1-15(26)22-19-5-3-4-17(14-19)20(27)23-18-8-6-16(7-9-18)21(28)25-12-10-24(2)11-13-25/h3-9,14H,10-13H2,1-2H3,(H,22,26)(H,23,27). The summed E-state index contributed by atoms with van der Waals surface area (Å²) < 4.78 is 0. The molecule has 3 amide bonds. The Hall–Kier alpha value is -3.19. The van der Waals surface area contributed by atoms with Gasteiger partial charge in [0, 0.05) is 55.6 Å². The summed E-state index contributed by atoms with van der Waals surface area (Å²) in [6.45, 7) is 4.60. The lowest BCUT2D eigenvalue weighted by molar-refractivity contribution is -0.114. The fourth-order valence-electron chi connectivity index (χ4n) is 3.03. The van der Waals surface area contributed by atoms with Gasteiger partial charge in [0.15, 0.2) is 0 Å². The highest BCUT2D eigenvalue weighted by molar-refractivity contribution is 6.05. The van der Waals surface area contributed by atoms with Crippen molar-refractivity contribution in [2.45, 2.75) is 6.92 Å². The van der Waals surface area contributed by atoms with Gasteiger partial charge in [-0.2, -0.15) is 0 Å². The van der Waals surface area contributed by atoms with Crippen LogP contribution in [0.5, 0.6) is 0 Å². The van der Waals surface area contributed by atoms with Crippen molar-refractivity contribution in [3.63, 3.8) is 0 Å². The molecule has 3 rings (SSSR count). The lowest BCUT2D eigenvalue weighted by atomic mass is 10.1. The zero-order chi connectivity index (χ0) is 20.1. The first-order valence-corrected chi connectivity index (χ1v) is 9.19. The number of hydrogen-bond acceptors (Lipinski definition) is 4. The Bertz CT molecular complexity index is 871. The third-order valence-corrected chi connectivity index (χ3v) is 4.63. The number of amides is 3. The van der Waals surface area contributed by atoms with Gasteiger partial charge in [0.25, 0.3) is 11.8 Å². The molecule has 2 aromatic carbocycles. The average Bonchev–Trinajstić information content (AvgIpc) is 2.68. The molecule has 0 saturated carbocycles. The number of piperazine rings is 1. The number of nitrogens with one attached hydrogen (secondary N) is 2. The maximum atomic E-state index is 12.6. The predicted octanol–water partition coefficient (Wildman–Crippen LogP) is 2.28. The molecule has 0 atom stereocenters. The van der Waals surface area contributed by atoms with E-state index in [0.717, 1.165) is 26.2 Å². The van der Waals surface area contributed by atoms with E-state index < -0.39 is 0 Å². The molecule has 1 heterocycles. The highest BCUT2D eigenvalue weighted by Gasteiger charge is 2.20. The van der Waals surface area contributed by atoms with Crippen LogP contribution in [0.15, 0.2) is 48.5 Å². The molecule has 0 bridgehead atoms. The van der Waals surface area contributed by atoms with Crippen molar-refractivity contribution in [2.75, 3.05) is 43.9 Å². The Balaban J connectivity index is 1.63. The predicted molar refractivity (Wildman–Crippen MR) is 109 cm³/mol. The number of anilines is 2. The van der Waals surface area contributed by atoms with Gasteiger partial charge in [-0.1, -0.05) is 6.07 Å². The van der Waals surface area contributed by atoms with Gasteiger partial charge in [-0.05, 0) is 49.5 Å². The summed E-state index contributed by atoms with van der Waals surface area (Å²) in [5, 5.41) is 5.46. The van der Waals surface area contributed by atoms with Crippen LogP contribution in [-0.4, -0.2) is 60.7 Å². The van der Waals surface area contributed by atoms with E-state index in [4.69, 9.17) is 0 Å².